The summed E-state index contributed by atoms with van der Waals surface area (Å²) in [5.41, 5.74) is 4.25. The Morgan fingerprint density at radius 2 is 1.74 bits per heavy atom. The molecular formula is C30H33N5O2S. The first-order valence-corrected chi connectivity index (χ1v) is 14.0. The Balaban J connectivity index is 1.41. The van der Waals surface area contributed by atoms with Gasteiger partial charge in [-0.2, -0.15) is 5.26 Å². The summed E-state index contributed by atoms with van der Waals surface area (Å²) < 4.78 is 6.13. The van der Waals surface area contributed by atoms with Gasteiger partial charge in [-0.05, 0) is 30.5 Å². The molecule has 0 aliphatic carbocycles. The van der Waals surface area contributed by atoms with E-state index >= 15 is 0 Å². The van der Waals surface area contributed by atoms with Crippen molar-refractivity contribution < 1.29 is 9.53 Å². The van der Waals surface area contributed by atoms with Gasteiger partial charge < -0.3 is 20.3 Å². The number of pyridine rings is 1. The number of hydrogen-bond donors (Lipinski definition) is 2. The van der Waals surface area contributed by atoms with E-state index in [0.717, 1.165) is 54.3 Å². The molecule has 2 aliphatic rings. The Kier molecular flexibility index (Phi) is 7.98. The highest BCUT2D eigenvalue weighted by Crippen LogP contribution is 2.38. The van der Waals surface area contributed by atoms with Gasteiger partial charge in [0.15, 0.2) is 0 Å². The van der Waals surface area contributed by atoms with Crippen molar-refractivity contribution in [1.29, 1.82) is 5.26 Å². The molecule has 5 rings (SSSR count). The SMILES string of the molecule is CC1(C)Cc2c(C#N)c(SCC(=O)NC(c3ccccc3)c3ccccc3)nc(N3CCNCC3)c2CO1. The van der Waals surface area contributed by atoms with Crippen molar-refractivity contribution in [1.82, 2.24) is 15.6 Å². The van der Waals surface area contributed by atoms with Gasteiger partial charge in [0.25, 0.3) is 0 Å². The lowest BCUT2D eigenvalue weighted by molar-refractivity contribution is -0.119. The number of nitriles is 1. The van der Waals surface area contributed by atoms with Crippen LogP contribution in [0.25, 0.3) is 0 Å². The molecule has 1 fully saturated rings. The third-order valence-electron chi connectivity index (χ3n) is 7.01. The maximum absolute atomic E-state index is 13.3. The number of rotatable bonds is 7. The maximum Gasteiger partial charge on any atom is 0.231 e. The second-order valence-corrected chi connectivity index (χ2v) is 11.2. The Morgan fingerprint density at radius 3 is 2.34 bits per heavy atom. The second-order valence-electron chi connectivity index (χ2n) is 10.3. The number of carbonyl (C=O) groups excluding carboxylic acids is 1. The molecule has 2 aromatic carbocycles. The first-order valence-electron chi connectivity index (χ1n) is 13.0. The van der Waals surface area contributed by atoms with Crippen LogP contribution in [0, 0.1) is 11.3 Å². The molecule has 1 saturated heterocycles. The van der Waals surface area contributed by atoms with E-state index in [4.69, 9.17) is 9.72 Å². The lowest BCUT2D eigenvalue weighted by Crippen LogP contribution is -2.45. The standard InChI is InChI=1S/C30H33N5O2S/c1-30(2)17-23-24(18-31)29(34-28(25(23)19-37-30)35-15-13-32-14-16-35)38-20-26(36)33-27(21-9-5-3-6-10-21)22-11-7-4-8-12-22/h3-12,27,32H,13-17,19-20H2,1-2H3,(H,33,36). The van der Waals surface area contributed by atoms with Gasteiger partial charge in [0.05, 0.1) is 29.6 Å². The van der Waals surface area contributed by atoms with Gasteiger partial charge in [0.2, 0.25) is 5.91 Å². The van der Waals surface area contributed by atoms with Crippen molar-refractivity contribution in [2.24, 2.45) is 0 Å². The largest absolute Gasteiger partial charge is 0.370 e. The van der Waals surface area contributed by atoms with Crippen LogP contribution in [0.2, 0.25) is 0 Å². The van der Waals surface area contributed by atoms with E-state index in [1.807, 2.05) is 60.7 Å². The van der Waals surface area contributed by atoms with Gasteiger partial charge in [0.1, 0.15) is 16.9 Å². The molecule has 1 amide bonds. The highest BCUT2D eigenvalue weighted by atomic mass is 32.2. The Labute approximate surface area is 228 Å². The predicted molar refractivity (Wildman–Crippen MR) is 150 cm³/mol. The van der Waals surface area contributed by atoms with Crippen LogP contribution in [0.3, 0.4) is 0 Å². The topological polar surface area (TPSA) is 90.3 Å². The average Bonchev–Trinajstić information content (AvgIpc) is 2.95. The molecule has 0 bridgehead atoms. The minimum Gasteiger partial charge on any atom is -0.370 e. The van der Waals surface area contributed by atoms with Crippen molar-refractivity contribution in [3.63, 3.8) is 0 Å². The first-order chi connectivity index (χ1) is 18.4. The molecule has 2 aliphatic heterocycles. The van der Waals surface area contributed by atoms with Crippen LogP contribution >= 0.6 is 11.8 Å². The molecule has 38 heavy (non-hydrogen) atoms. The Morgan fingerprint density at radius 1 is 1.11 bits per heavy atom. The fraction of sp³-hybridized carbons (Fsp3) is 0.367. The van der Waals surface area contributed by atoms with E-state index in [0.29, 0.717) is 23.6 Å². The zero-order valence-electron chi connectivity index (χ0n) is 21.9. The van der Waals surface area contributed by atoms with Crippen molar-refractivity contribution in [3.05, 3.63) is 88.5 Å². The lowest BCUT2D eigenvalue weighted by atomic mass is 9.89. The number of benzene rings is 2. The fourth-order valence-electron chi connectivity index (χ4n) is 5.07. The zero-order valence-corrected chi connectivity index (χ0v) is 22.7. The van der Waals surface area contributed by atoms with Crippen molar-refractivity contribution >= 4 is 23.5 Å². The number of carbonyl (C=O) groups is 1. The van der Waals surface area contributed by atoms with Gasteiger partial charge in [-0.3, -0.25) is 4.79 Å². The summed E-state index contributed by atoms with van der Waals surface area (Å²) in [4.78, 5) is 20.5. The normalized spacial score (nSPS) is 16.5. The molecule has 0 saturated carbocycles. The molecule has 2 N–H and O–H groups in total. The number of nitrogens with zero attached hydrogens (tertiary/aromatic N) is 3. The summed E-state index contributed by atoms with van der Waals surface area (Å²) in [6.45, 7) is 7.99. The van der Waals surface area contributed by atoms with Crippen LogP contribution in [0.4, 0.5) is 5.82 Å². The molecule has 7 nitrogen and oxygen atoms in total. The molecule has 0 radical (unpaired) electrons. The number of hydrogen-bond acceptors (Lipinski definition) is 7. The quantitative estimate of drug-likeness (QED) is 0.445. The molecular weight excluding hydrogens is 494 g/mol. The molecule has 196 valence electrons. The van der Waals surface area contributed by atoms with Gasteiger partial charge in [-0.25, -0.2) is 4.98 Å². The average molecular weight is 528 g/mol. The van der Waals surface area contributed by atoms with Gasteiger partial charge in [-0.1, -0.05) is 72.4 Å². The number of anilines is 1. The van der Waals surface area contributed by atoms with Crippen LogP contribution in [0.5, 0.6) is 0 Å². The van der Waals surface area contributed by atoms with Crippen LogP contribution in [-0.2, 0) is 22.6 Å². The molecule has 0 unspecified atom stereocenters. The second kappa shape index (κ2) is 11.6. The molecule has 3 aromatic rings. The number of amides is 1. The summed E-state index contributed by atoms with van der Waals surface area (Å²) in [5.74, 6) is 0.936. The lowest BCUT2D eigenvalue weighted by Gasteiger charge is -2.37. The van der Waals surface area contributed by atoms with Crippen LogP contribution in [-0.4, -0.2) is 48.4 Å². The van der Waals surface area contributed by atoms with Gasteiger partial charge in [0, 0.05) is 38.2 Å². The van der Waals surface area contributed by atoms with Gasteiger partial charge in [-0.15, -0.1) is 0 Å². The highest BCUT2D eigenvalue weighted by Gasteiger charge is 2.33. The number of piperazine rings is 1. The third-order valence-corrected chi connectivity index (χ3v) is 7.98. The minimum absolute atomic E-state index is 0.108. The van der Waals surface area contributed by atoms with Crippen molar-refractivity contribution in [2.45, 2.75) is 43.5 Å². The smallest absolute Gasteiger partial charge is 0.231 e. The van der Waals surface area contributed by atoms with E-state index in [9.17, 15) is 10.1 Å². The molecule has 1 aromatic heterocycles. The Hall–Kier alpha value is -3.38. The fourth-order valence-corrected chi connectivity index (χ4v) is 5.89. The molecule has 0 atom stereocenters. The first kappa shape index (κ1) is 26.2. The maximum atomic E-state index is 13.3. The van der Waals surface area contributed by atoms with Crippen molar-refractivity contribution in [3.8, 4) is 6.07 Å². The number of aromatic nitrogens is 1. The number of fused-ring (bicyclic) bond motifs is 1. The van der Waals surface area contributed by atoms with E-state index in [-0.39, 0.29) is 23.3 Å². The summed E-state index contributed by atoms with van der Waals surface area (Å²) in [5, 5.41) is 17.4. The number of thioether (sulfide) groups is 1. The van der Waals surface area contributed by atoms with Gasteiger partial charge >= 0.3 is 0 Å². The van der Waals surface area contributed by atoms with Crippen molar-refractivity contribution in [2.75, 3.05) is 36.8 Å². The highest BCUT2D eigenvalue weighted by molar-refractivity contribution is 8.00. The van der Waals surface area contributed by atoms with E-state index in [1.165, 1.54) is 11.8 Å². The monoisotopic (exact) mass is 527 g/mol. The summed E-state index contributed by atoms with van der Waals surface area (Å²) in [6.07, 6.45) is 0.636. The minimum atomic E-state index is -0.363. The molecule has 3 heterocycles. The van der Waals surface area contributed by atoms with E-state index in [2.05, 4.69) is 35.5 Å². The van der Waals surface area contributed by atoms with Crippen LogP contribution in [0.1, 0.15) is 47.7 Å². The molecule has 0 spiro atoms. The third kappa shape index (κ3) is 5.86. The summed E-state index contributed by atoms with van der Waals surface area (Å²) in [6, 6.07) is 22.1. The Bertz CT molecular complexity index is 1280. The summed E-state index contributed by atoms with van der Waals surface area (Å²) in [7, 11) is 0. The molecule has 8 heteroatoms. The van der Waals surface area contributed by atoms with E-state index in [1.54, 1.807) is 0 Å². The number of ether oxygens (including phenoxy) is 1. The zero-order chi connectivity index (χ0) is 26.5. The van der Waals surface area contributed by atoms with E-state index < -0.39 is 0 Å². The van der Waals surface area contributed by atoms with Crippen LogP contribution in [0.15, 0.2) is 65.7 Å². The summed E-state index contributed by atoms with van der Waals surface area (Å²) >= 11 is 1.33. The number of nitrogens with one attached hydrogen (secondary N) is 2. The van der Waals surface area contributed by atoms with Crippen LogP contribution < -0.4 is 15.5 Å². The predicted octanol–water partition coefficient (Wildman–Crippen LogP) is 4.21.